The molecule has 3 aromatic rings. The largest absolute Gasteiger partial charge is 0.253 e. The van der Waals surface area contributed by atoms with Gasteiger partial charge in [-0.2, -0.15) is 0 Å². The zero-order chi connectivity index (χ0) is 10.4. The molecule has 0 aliphatic rings. The number of benzene rings is 1. The summed E-state index contributed by atoms with van der Waals surface area (Å²) in [5, 5.41) is 2.32. The minimum absolute atomic E-state index is 1.06. The molecule has 0 spiro atoms. The average Bonchev–Trinajstić information content (AvgIpc) is 2.58. The zero-order valence-electron chi connectivity index (χ0n) is 8.61. The van der Waals surface area contributed by atoms with Crippen LogP contribution >= 0.6 is 11.3 Å². The molecule has 0 amide bonds. The Bertz CT molecular complexity index is 655. The molecule has 2 nitrogen and oxygen atoms in total. The molecule has 15 heavy (non-hydrogen) atoms. The van der Waals surface area contributed by atoms with E-state index in [9.17, 15) is 0 Å². The van der Waals surface area contributed by atoms with E-state index < -0.39 is 0 Å². The normalized spacial score (nSPS) is 11.3. The van der Waals surface area contributed by atoms with E-state index in [-0.39, 0.29) is 0 Å². The third-order valence-corrected chi connectivity index (χ3v) is 3.49. The maximum absolute atomic E-state index is 4.51. The first-order valence-electron chi connectivity index (χ1n) is 4.87. The highest BCUT2D eigenvalue weighted by molar-refractivity contribution is 7.19. The van der Waals surface area contributed by atoms with Crippen LogP contribution in [0, 0.1) is 13.8 Å². The summed E-state index contributed by atoms with van der Waals surface area (Å²) in [6, 6.07) is 8.28. The van der Waals surface area contributed by atoms with Crippen LogP contribution in [0.1, 0.15) is 10.7 Å². The van der Waals surface area contributed by atoms with E-state index in [0.717, 1.165) is 21.7 Å². The molecule has 0 aliphatic heterocycles. The number of rotatable bonds is 0. The van der Waals surface area contributed by atoms with Crippen LogP contribution in [-0.4, -0.2) is 9.97 Å². The molecule has 0 aliphatic carbocycles. The first-order valence-corrected chi connectivity index (χ1v) is 5.69. The average molecular weight is 214 g/mol. The molecule has 2 aromatic heterocycles. The molecule has 0 saturated carbocycles. The molecule has 0 saturated heterocycles. The molecule has 0 unspecified atom stereocenters. The molecule has 0 radical (unpaired) electrons. The van der Waals surface area contributed by atoms with Gasteiger partial charge in [-0.3, -0.25) is 4.98 Å². The highest BCUT2D eigenvalue weighted by atomic mass is 32.1. The molecule has 3 heteroatoms. The Hall–Kier alpha value is -1.48. The minimum Gasteiger partial charge on any atom is -0.253 e. The van der Waals surface area contributed by atoms with Gasteiger partial charge >= 0.3 is 0 Å². The van der Waals surface area contributed by atoms with Crippen LogP contribution < -0.4 is 0 Å². The molecular formula is C12H10N2S. The van der Waals surface area contributed by atoms with E-state index in [1.54, 1.807) is 11.3 Å². The smallest absolute Gasteiger partial charge is 0.0908 e. The molecular weight excluding hydrogens is 204 g/mol. The first kappa shape index (κ1) is 8.80. The molecule has 2 heterocycles. The Kier molecular flexibility index (Phi) is 1.76. The van der Waals surface area contributed by atoms with Crippen molar-refractivity contribution < 1.29 is 0 Å². The van der Waals surface area contributed by atoms with Gasteiger partial charge in [0.1, 0.15) is 0 Å². The van der Waals surface area contributed by atoms with Gasteiger partial charge in [0.15, 0.2) is 0 Å². The molecule has 0 bridgehead atoms. The van der Waals surface area contributed by atoms with Crippen molar-refractivity contribution in [3.63, 3.8) is 0 Å². The number of aromatic nitrogens is 2. The van der Waals surface area contributed by atoms with Crippen LogP contribution in [0.25, 0.3) is 21.1 Å². The van der Waals surface area contributed by atoms with E-state index in [2.05, 4.69) is 22.1 Å². The van der Waals surface area contributed by atoms with Gasteiger partial charge in [0.05, 0.1) is 20.7 Å². The lowest BCUT2D eigenvalue weighted by Crippen LogP contribution is -1.82. The predicted molar refractivity (Wildman–Crippen MR) is 64.4 cm³/mol. The fourth-order valence-corrected chi connectivity index (χ4v) is 2.74. The van der Waals surface area contributed by atoms with Crippen molar-refractivity contribution in [3.8, 4) is 0 Å². The van der Waals surface area contributed by atoms with Crippen molar-refractivity contribution >= 4 is 32.5 Å². The first-order chi connectivity index (χ1) is 7.24. The van der Waals surface area contributed by atoms with Crippen LogP contribution in [0.15, 0.2) is 24.3 Å². The Labute approximate surface area is 91.6 Å². The number of hydrogen-bond acceptors (Lipinski definition) is 3. The molecule has 74 valence electrons. The van der Waals surface area contributed by atoms with E-state index >= 15 is 0 Å². The second kappa shape index (κ2) is 3.00. The number of nitrogens with zero attached hydrogens (tertiary/aromatic N) is 2. The van der Waals surface area contributed by atoms with E-state index in [4.69, 9.17) is 0 Å². The number of aryl methyl sites for hydroxylation is 2. The maximum Gasteiger partial charge on any atom is 0.0908 e. The monoisotopic (exact) mass is 214 g/mol. The molecule has 0 atom stereocenters. The van der Waals surface area contributed by atoms with Crippen LogP contribution in [0.3, 0.4) is 0 Å². The second-order valence-corrected chi connectivity index (χ2v) is 4.87. The van der Waals surface area contributed by atoms with Crippen molar-refractivity contribution in [2.45, 2.75) is 13.8 Å². The maximum atomic E-state index is 4.51. The Morgan fingerprint density at radius 3 is 2.60 bits per heavy atom. The number of hydrogen-bond donors (Lipinski definition) is 0. The van der Waals surface area contributed by atoms with Gasteiger partial charge in [-0.25, -0.2) is 4.98 Å². The second-order valence-electron chi connectivity index (χ2n) is 3.67. The van der Waals surface area contributed by atoms with Gasteiger partial charge in [-0.05, 0) is 38.1 Å². The third-order valence-electron chi connectivity index (χ3n) is 2.47. The Morgan fingerprint density at radius 1 is 0.933 bits per heavy atom. The molecule has 3 rings (SSSR count). The molecule has 1 aromatic carbocycles. The Balaban J connectivity index is 2.53. The summed E-state index contributed by atoms with van der Waals surface area (Å²) in [4.78, 5) is 8.99. The van der Waals surface area contributed by atoms with Crippen molar-refractivity contribution in [1.29, 1.82) is 0 Å². The highest BCUT2D eigenvalue weighted by Gasteiger charge is 2.05. The van der Waals surface area contributed by atoms with Crippen molar-refractivity contribution in [1.82, 2.24) is 9.97 Å². The van der Waals surface area contributed by atoms with E-state index in [1.165, 1.54) is 10.1 Å². The standard InChI is InChI=1S/C12H10N2S/c1-7-3-4-9-10(13-7)5-6-11-12(9)15-8(2)14-11/h3-6H,1-2H3. The quantitative estimate of drug-likeness (QED) is 0.572. The zero-order valence-corrected chi connectivity index (χ0v) is 9.43. The van der Waals surface area contributed by atoms with Crippen LogP contribution in [0.4, 0.5) is 0 Å². The van der Waals surface area contributed by atoms with Gasteiger partial charge in [0.25, 0.3) is 0 Å². The molecule has 0 N–H and O–H groups in total. The lowest BCUT2D eigenvalue weighted by Gasteiger charge is -1.98. The SMILES string of the molecule is Cc1ccc2c(ccc3nc(C)sc32)n1. The summed E-state index contributed by atoms with van der Waals surface area (Å²) in [6.45, 7) is 4.06. The number of thiazole rings is 1. The third kappa shape index (κ3) is 1.31. The molecule has 0 fully saturated rings. The van der Waals surface area contributed by atoms with Gasteiger partial charge in [0.2, 0.25) is 0 Å². The number of fused-ring (bicyclic) bond motifs is 3. The van der Waals surface area contributed by atoms with Crippen molar-refractivity contribution in [3.05, 3.63) is 35.0 Å². The van der Waals surface area contributed by atoms with Crippen molar-refractivity contribution in [2.75, 3.05) is 0 Å². The summed E-state index contributed by atoms with van der Waals surface area (Å²) in [5.74, 6) is 0. The predicted octanol–water partition coefficient (Wildman–Crippen LogP) is 3.46. The van der Waals surface area contributed by atoms with E-state index in [1.807, 2.05) is 26.0 Å². The number of pyridine rings is 1. The lowest BCUT2D eigenvalue weighted by molar-refractivity contribution is 1.26. The van der Waals surface area contributed by atoms with Crippen LogP contribution in [0.2, 0.25) is 0 Å². The summed E-state index contributed by atoms with van der Waals surface area (Å²) < 4.78 is 1.25. The van der Waals surface area contributed by atoms with Crippen LogP contribution in [-0.2, 0) is 0 Å². The highest BCUT2D eigenvalue weighted by Crippen LogP contribution is 2.29. The van der Waals surface area contributed by atoms with Crippen molar-refractivity contribution in [2.24, 2.45) is 0 Å². The topological polar surface area (TPSA) is 25.8 Å². The Morgan fingerprint density at radius 2 is 1.73 bits per heavy atom. The van der Waals surface area contributed by atoms with Gasteiger partial charge in [-0.15, -0.1) is 11.3 Å². The minimum atomic E-state index is 1.06. The van der Waals surface area contributed by atoms with Crippen LogP contribution in [0.5, 0.6) is 0 Å². The fraction of sp³-hybridized carbons (Fsp3) is 0.167. The fourth-order valence-electron chi connectivity index (χ4n) is 1.80. The lowest BCUT2D eigenvalue weighted by atomic mass is 10.2. The summed E-state index contributed by atoms with van der Waals surface area (Å²) in [7, 11) is 0. The van der Waals surface area contributed by atoms with Gasteiger partial charge in [-0.1, -0.05) is 0 Å². The summed E-state index contributed by atoms with van der Waals surface area (Å²) >= 11 is 1.74. The van der Waals surface area contributed by atoms with Gasteiger partial charge < -0.3 is 0 Å². The van der Waals surface area contributed by atoms with Gasteiger partial charge in [0, 0.05) is 11.1 Å². The summed E-state index contributed by atoms with van der Waals surface area (Å²) in [5.41, 5.74) is 3.20. The summed E-state index contributed by atoms with van der Waals surface area (Å²) in [6.07, 6.45) is 0. The van der Waals surface area contributed by atoms with E-state index in [0.29, 0.717) is 0 Å².